The van der Waals surface area contributed by atoms with E-state index >= 15 is 0 Å². The number of carbonyl (C=O) groups is 1. The van der Waals surface area contributed by atoms with Crippen LogP contribution in [0.3, 0.4) is 0 Å². The van der Waals surface area contributed by atoms with Crippen molar-refractivity contribution >= 4 is 5.78 Å². The molecule has 1 aliphatic rings. The van der Waals surface area contributed by atoms with Crippen LogP contribution in [0, 0.1) is 11.2 Å². The number of hydrogen-bond donors (Lipinski definition) is 0. The Morgan fingerprint density at radius 1 is 1.28 bits per heavy atom. The average molecular weight is 246 g/mol. The molecule has 1 aliphatic carbocycles. The summed E-state index contributed by atoms with van der Waals surface area (Å²) in [6, 6.07) is 6.48. The molecule has 2 rings (SSSR count). The van der Waals surface area contributed by atoms with Crippen LogP contribution >= 0.6 is 0 Å². The van der Waals surface area contributed by atoms with Crippen molar-refractivity contribution in [3.05, 3.63) is 48.3 Å². The first kappa shape index (κ1) is 13.0. The Hall–Kier alpha value is -1.44. The summed E-state index contributed by atoms with van der Waals surface area (Å²) in [5, 5.41) is 0. The number of carbonyl (C=O) groups excluding carboxylic acids is 1. The lowest BCUT2D eigenvalue weighted by Crippen LogP contribution is -2.36. The number of Topliss-reactive ketones (excluding diaryl/α,β-unsaturated/α-hetero) is 1. The summed E-state index contributed by atoms with van der Waals surface area (Å²) in [7, 11) is 0. The third-order valence-corrected chi connectivity index (χ3v) is 3.89. The van der Waals surface area contributed by atoms with Gasteiger partial charge in [0.05, 0.1) is 0 Å². The first-order valence-corrected chi connectivity index (χ1v) is 6.55. The van der Waals surface area contributed by atoms with Gasteiger partial charge in [-0.3, -0.25) is 4.79 Å². The number of ketones is 1. The SMILES string of the molecule is C=CCC1(Cc2ccc(F)cc2)CCCCC1=O. The van der Waals surface area contributed by atoms with E-state index in [-0.39, 0.29) is 11.2 Å². The quantitative estimate of drug-likeness (QED) is 0.732. The van der Waals surface area contributed by atoms with Crippen molar-refractivity contribution in [1.29, 1.82) is 0 Å². The Kier molecular flexibility index (Phi) is 3.95. The summed E-state index contributed by atoms with van der Waals surface area (Å²) >= 11 is 0. The highest BCUT2D eigenvalue weighted by Crippen LogP contribution is 2.39. The monoisotopic (exact) mass is 246 g/mol. The molecular weight excluding hydrogens is 227 g/mol. The van der Waals surface area contributed by atoms with E-state index in [0.29, 0.717) is 18.6 Å². The maximum absolute atomic E-state index is 12.9. The summed E-state index contributed by atoms with van der Waals surface area (Å²) in [6.45, 7) is 3.78. The smallest absolute Gasteiger partial charge is 0.139 e. The molecule has 96 valence electrons. The number of hydrogen-bond acceptors (Lipinski definition) is 1. The zero-order valence-electron chi connectivity index (χ0n) is 10.6. The molecule has 1 saturated carbocycles. The number of benzene rings is 1. The first-order valence-electron chi connectivity index (χ1n) is 6.55. The van der Waals surface area contributed by atoms with E-state index in [1.165, 1.54) is 12.1 Å². The Balaban J connectivity index is 2.22. The summed E-state index contributed by atoms with van der Waals surface area (Å²) in [5.41, 5.74) is 0.742. The normalized spacial score (nSPS) is 23.9. The lowest BCUT2D eigenvalue weighted by atomic mass is 9.67. The van der Waals surface area contributed by atoms with E-state index < -0.39 is 0 Å². The van der Waals surface area contributed by atoms with Crippen molar-refractivity contribution in [3.63, 3.8) is 0 Å². The molecular formula is C16H19FO. The van der Waals surface area contributed by atoms with Crippen LogP contribution < -0.4 is 0 Å². The van der Waals surface area contributed by atoms with Gasteiger partial charge in [-0.05, 0) is 43.4 Å². The van der Waals surface area contributed by atoms with Crippen molar-refractivity contribution in [2.75, 3.05) is 0 Å². The Morgan fingerprint density at radius 2 is 2.00 bits per heavy atom. The van der Waals surface area contributed by atoms with Gasteiger partial charge in [-0.15, -0.1) is 6.58 Å². The average Bonchev–Trinajstić information content (AvgIpc) is 2.36. The van der Waals surface area contributed by atoms with Crippen LogP contribution in [0.15, 0.2) is 36.9 Å². The molecule has 1 atom stereocenters. The Labute approximate surface area is 108 Å². The lowest BCUT2D eigenvalue weighted by Gasteiger charge is -2.35. The van der Waals surface area contributed by atoms with Crippen molar-refractivity contribution < 1.29 is 9.18 Å². The van der Waals surface area contributed by atoms with Gasteiger partial charge in [-0.1, -0.05) is 24.6 Å². The topological polar surface area (TPSA) is 17.1 Å². The van der Waals surface area contributed by atoms with E-state index in [4.69, 9.17) is 0 Å². The predicted octanol–water partition coefficient (Wildman–Crippen LogP) is 4.07. The molecule has 0 N–H and O–H groups in total. The molecule has 0 spiro atoms. The second kappa shape index (κ2) is 5.47. The Bertz CT molecular complexity index is 435. The summed E-state index contributed by atoms with van der Waals surface area (Å²) in [4.78, 5) is 12.3. The number of rotatable bonds is 4. The minimum absolute atomic E-state index is 0.230. The zero-order valence-corrected chi connectivity index (χ0v) is 10.6. The number of allylic oxidation sites excluding steroid dienone is 1. The summed E-state index contributed by atoms with van der Waals surface area (Å²) in [5.74, 6) is 0.115. The molecule has 2 heteroatoms. The fourth-order valence-corrected chi connectivity index (χ4v) is 2.90. The molecule has 0 heterocycles. The molecule has 1 aromatic rings. The van der Waals surface area contributed by atoms with Crippen molar-refractivity contribution in [2.24, 2.45) is 5.41 Å². The standard InChI is InChI=1S/C16H19FO/c1-2-10-16(11-4-3-5-15(16)18)12-13-6-8-14(17)9-7-13/h2,6-9H,1,3-5,10-12H2. The minimum atomic E-state index is -0.294. The van der Waals surface area contributed by atoms with Crippen LogP contribution in [0.2, 0.25) is 0 Å². The van der Waals surface area contributed by atoms with Crippen LogP contribution in [0.25, 0.3) is 0 Å². The molecule has 1 fully saturated rings. The van der Waals surface area contributed by atoms with Gasteiger partial charge in [0.25, 0.3) is 0 Å². The van der Waals surface area contributed by atoms with Gasteiger partial charge >= 0.3 is 0 Å². The van der Waals surface area contributed by atoms with Gasteiger partial charge in [-0.2, -0.15) is 0 Å². The lowest BCUT2D eigenvalue weighted by molar-refractivity contribution is -0.131. The highest BCUT2D eigenvalue weighted by atomic mass is 19.1. The third kappa shape index (κ3) is 2.69. The predicted molar refractivity (Wildman–Crippen MR) is 70.8 cm³/mol. The van der Waals surface area contributed by atoms with Crippen molar-refractivity contribution in [3.8, 4) is 0 Å². The molecule has 18 heavy (non-hydrogen) atoms. The Morgan fingerprint density at radius 3 is 2.61 bits per heavy atom. The van der Waals surface area contributed by atoms with Gasteiger partial charge in [0.1, 0.15) is 11.6 Å². The van der Waals surface area contributed by atoms with Crippen LogP contribution in [0.5, 0.6) is 0 Å². The number of halogens is 1. The molecule has 0 bridgehead atoms. The fourth-order valence-electron chi connectivity index (χ4n) is 2.90. The maximum atomic E-state index is 12.9. The molecule has 1 nitrogen and oxygen atoms in total. The minimum Gasteiger partial charge on any atom is -0.299 e. The zero-order chi connectivity index (χ0) is 13.0. The fraction of sp³-hybridized carbons (Fsp3) is 0.438. The summed E-state index contributed by atoms with van der Waals surface area (Å²) in [6.07, 6.45) is 6.97. The van der Waals surface area contributed by atoms with Crippen molar-refractivity contribution in [1.82, 2.24) is 0 Å². The molecule has 1 aromatic carbocycles. The van der Waals surface area contributed by atoms with Crippen molar-refractivity contribution in [2.45, 2.75) is 38.5 Å². The first-order chi connectivity index (χ1) is 8.66. The largest absolute Gasteiger partial charge is 0.299 e. The van der Waals surface area contributed by atoms with E-state index in [1.807, 2.05) is 6.08 Å². The molecule has 0 aromatic heterocycles. The highest BCUT2D eigenvalue weighted by molar-refractivity contribution is 5.86. The molecule has 0 saturated heterocycles. The molecule has 1 unspecified atom stereocenters. The second-order valence-electron chi connectivity index (χ2n) is 5.21. The van der Waals surface area contributed by atoms with Gasteiger partial charge in [0.15, 0.2) is 0 Å². The van der Waals surface area contributed by atoms with E-state index in [2.05, 4.69) is 6.58 Å². The van der Waals surface area contributed by atoms with Crippen LogP contribution in [-0.2, 0) is 11.2 Å². The van der Waals surface area contributed by atoms with E-state index in [9.17, 15) is 9.18 Å². The van der Waals surface area contributed by atoms with Gasteiger partial charge in [-0.25, -0.2) is 4.39 Å². The second-order valence-corrected chi connectivity index (χ2v) is 5.21. The van der Waals surface area contributed by atoms with Crippen LogP contribution in [-0.4, -0.2) is 5.78 Å². The van der Waals surface area contributed by atoms with Gasteiger partial charge in [0, 0.05) is 11.8 Å². The van der Waals surface area contributed by atoms with Gasteiger partial charge < -0.3 is 0 Å². The van der Waals surface area contributed by atoms with Crippen LogP contribution in [0.1, 0.15) is 37.7 Å². The van der Waals surface area contributed by atoms with Gasteiger partial charge in [0.2, 0.25) is 0 Å². The highest BCUT2D eigenvalue weighted by Gasteiger charge is 2.38. The van der Waals surface area contributed by atoms with Crippen LogP contribution in [0.4, 0.5) is 4.39 Å². The van der Waals surface area contributed by atoms with E-state index in [1.54, 1.807) is 12.1 Å². The summed E-state index contributed by atoms with van der Waals surface area (Å²) < 4.78 is 12.9. The molecule has 0 aliphatic heterocycles. The maximum Gasteiger partial charge on any atom is 0.139 e. The molecule has 0 radical (unpaired) electrons. The molecule has 0 amide bonds. The van der Waals surface area contributed by atoms with E-state index in [0.717, 1.165) is 31.2 Å². The third-order valence-electron chi connectivity index (χ3n) is 3.89.